The molecule has 0 bridgehead atoms. The number of hydrogen-bond acceptors (Lipinski definition) is 3. The van der Waals surface area contributed by atoms with Crippen LogP contribution in [0.1, 0.15) is 70.8 Å². The van der Waals surface area contributed by atoms with Gasteiger partial charge in [-0.2, -0.15) is 0 Å². The van der Waals surface area contributed by atoms with E-state index in [0.717, 1.165) is 30.5 Å². The van der Waals surface area contributed by atoms with Crippen molar-refractivity contribution in [2.45, 2.75) is 66.3 Å². The van der Waals surface area contributed by atoms with Gasteiger partial charge in [0.05, 0.1) is 22.6 Å². The lowest BCUT2D eigenvalue weighted by Crippen LogP contribution is -2.39. The van der Waals surface area contributed by atoms with Crippen LogP contribution in [0, 0.1) is 12.8 Å². The molecule has 1 aromatic heterocycles. The summed E-state index contributed by atoms with van der Waals surface area (Å²) in [5.74, 6) is 0.931. The molecular weight excluding hydrogens is 434 g/mol. The van der Waals surface area contributed by atoms with Crippen molar-refractivity contribution in [1.29, 1.82) is 0 Å². The third kappa shape index (κ3) is 5.83. The number of nitrogens with zero attached hydrogens (tertiary/aromatic N) is 3. The minimum atomic E-state index is -0.376. The van der Waals surface area contributed by atoms with Crippen LogP contribution in [0.2, 0.25) is 5.02 Å². The van der Waals surface area contributed by atoms with E-state index in [4.69, 9.17) is 16.6 Å². The lowest BCUT2D eigenvalue weighted by molar-refractivity contribution is -0.134. The van der Waals surface area contributed by atoms with E-state index < -0.39 is 0 Å². The Kier molecular flexibility index (Phi) is 8.30. The number of hydrogen-bond donors (Lipinski definition) is 0. The Balaban J connectivity index is 2.18. The highest BCUT2D eigenvalue weighted by Gasteiger charge is 2.27. The summed E-state index contributed by atoms with van der Waals surface area (Å²) in [6, 6.07) is 12.6. The Labute approximate surface area is 201 Å². The summed E-state index contributed by atoms with van der Waals surface area (Å²) in [4.78, 5) is 33.7. The molecule has 0 aliphatic heterocycles. The lowest BCUT2D eigenvalue weighted by atomic mass is 10.1. The first-order valence-corrected chi connectivity index (χ1v) is 12.2. The SMILES string of the molecule is CCCCCC(=O)N(CC(C)C)C(C)c1nc2cc(Cl)ccc2c(=O)n1-c1ccc(C)cc1. The van der Waals surface area contributed by atoms with Crippen LogP contribution in [0.15, 0.2) is 47.3 Å². The van der Waals surface area contributed by atoms with Crippen molar-refractivity contribution in [1.82, 2.24) is 14.5 Å². The molecule has 0 saturated carbocycles. The fourth-order valence-corrected chi connectivity index (χ4v) is 4.24. The van der Waals surface area contributed by atoms with Gasteiger partial charge in [0.2, 0.25) is 5.91 Å². The van der Waals surface area contributed by atoms with Crippen molar-refractivity contribution in [3.8, 4) is 5.69 Å². The van der Waals surface area contributed by atoms with Gasteiger partial charge in [-0.05, 0) is 56.5 Å². The Morgan fingerprint density at radius 1 is 1.09 bits per heavy atom. The molecule has 6 heteroatoms. The van der Waals surface area contributed by atoms with Crippen LogP contribution in [-0.2, 0) is 4.79 Å². The minimum absolute atomic E-state index is 0.0977. The summed E-state index contributed by atoms with van der Waals surface area (Å²) in [7, 11) is 0. The van der Waals surface area contributed by atoms with Gasteiger partial charge >= 0.3 is 0 Å². The van der Waals surface area contributed by atoms with Gasteiger partial charge in [0.15, 0.2) is 0 Å². The van der Waals surface area contributed by atoms with Crippen molar-refractivity contribution in [3.05, 3.63) is 69.2 Å². The van der Waals surface area contributed by atoms with Gasteiger partial charge in [-0.3, -0.25) is 14.2 Å². The summed E-state index contributed by atoms with van der Waals surface area (Å²) in [5, 5.41) is 1.02. The molecule has 5 nitrogen and oxygen atoms in total. The second-order valence-corrected chi connectivity index (χ2v) is 9.62. The number of unbranched alkanes of at least 4 members (excludes halogenated alkanes) is 2. The van der Waals surface area contributed by atoms with Gasteiger partial charge in [0.1, 0.15) is 5.82 Å². The first kappa shape index (κ1) is 25.0. The molecule has 0 aliphatic carbocycles. The minimum Gasteiger partial charge on any atom is -0.333 e. The number of carbonyl (C=O) groups excluding carboxylic acids is 1. The van der Waals surface area contributed by atoms with Gasteiger partial charge < -0.3 is 4.90 Å². The van der Waals surface area contributed by atoms with E-state index in [9.17, 15) is 9.59 Å². The van der Waals surface area contributed by atoms with Crippen molar-refractivity contribution in [3.63, 3.8) is 0 Å². The molecule has 33 heavy (non-hydrogen) atoms. The lowest BCUT2D eigenvalue weighted by Gasteiger charge is -2.32. The van der Waals surface area contributed by atoms with E-state index in [-0.39, 0.29) is 23.4 Å². The van der Waals surface area contributed by atoms with Crippen LogP contribution in [-0.4, -0.2) is 26.9 Å². The first-order valence-electron chi connectivity index (χ1n) is 11.8. The standard InChI is InChI=1S/C27H34ClN3O2/c1-6-7-8-9-25(32)30(17-18(2)3)20(5)26-29-24-16-21(28)12-15-23(24)27(33)31(26)22-13-10-19(4)11-14-22/h10-16,18,20H,6-9,17H2,1-5H3. The molecule has 1 unspecified atom stereocenters. The zero-order chi connectivity index (χ0) is 24.1. The summed E-state index contributed by atoms with van der Waals surface area (Å²) in [6.45, 7) is 10.9. The molecular formula is C27H34ClN3O2. The highest BCUT2D eigenvalue weighted by Crippen LogP contribution is 2.26. The van der Waals surface area contributed by atoms with Crippen molar-refractivity contribution in [2.75, 3.05) is 6.54 Å². The highest BCUT2D eigenvalue weighted by molar-refractivity contribution is 6.31. The van der Waals surface area contributed by atoms with Gasteiger partial charge in [-0.25, -0.2) is 4.98 Å². The fraction of sp³-hybridized carbons (Fsp3) is 0.444. The van der Waals surface area contributed by atoms with E-state index in [1.54, 1.807) is 22.8 Å². The molecule has 0 radical (unpaired) electrons. The van der Waals surface area contributed by atoms with Crippen LogP contribution in [0.3, 0.4) is 0 Å². The molecule has 1 amide bonds. The quantitative estimate of drug-likeness (QED) is 0.339. The molecule has 0 saturated heterocycles. The van der Waals surface area contributed by atoms with Crippen LogP contribution in [0.25, 0.3) is 16.6 Å². The van der Waals surface area contributed by atoms with Gasteiger partial charge in [0.25, 0.3) is 5.56 Å². The maximum absolute atomic E-state index is 13.7. The number of amides is 1. The smallest absolute Gasteiger partial charge is 0.266 e. The van der Waals surface area contributed by atoms with E-state index in [2.05, 4.69) is 20.8 Å². The molecule has 0 spiro atoms. The van der Waals surface area contributed by atoms with Crippen molar-refractivity contribution < 1.29 is 4.79 Å². The second-order valence-electron chi connectivity index (χ2n) is 9.18. The summed E-state index contributed by atoms with van der Waals surface area (Å²) in [6.07, 6.45) is 3.45. The molecule has 0 N–H and O–H groups in total. The van der Waals surface area contributed by atoms with Gasteiger partial charge in [0, 0.05) is 18.0 Å². The van der Waals surface area contributed by atoms with E-state index in [1.165, 1.54) is 0 Å². The third-order valence-electron chi connectivity index (χ3n) is 5.87. The van der Waals surface area contributed by atoms with Crippen LogP contribution < -0.4 is 5.56 Å². The number of aromatic nitrogens is 2. The van der Waals surface area contributed by atoms with Gasteiger partial charge in [-0.15, -0.1) is 0 Å². The third-order valence-corrected chi connectivity index (χ3v) is 6.10. The summed E-state index contributed by atoms with van der Waals surface area (Å²) < 4.78 is 1.65. The Morgan fingerprint density at radius 3 is 2.42 bits per heavy atom. The molecule has 176 valence electrons. The van der Waals surface area contributed by atoms with Crippen molar-refractivity contribution >= 4 is 28.4 Å². The summed E-state index contributed by atoms with van der Waals surface area (Å²) in [5.41, 5.74) is 2.22. The van der Waals surface area contributed by atoms with Crippen LogP contribution >= 0.6 is 11.6 Å². The molecule has 1 atom stereocenters. The zero-order valence-electron chi connectivity index (χ0n) is 20.3. The second kappa shape index (κ2) is 11.0. The largest absolute Gasteiger partial charge is 0.333 e. The average Bonchev–Trinajstić information content (AvgIpc) is 2.77. The van der Waals surface area contributed by atoms with Crippen LogP contribution in [0.5, 0.6) is 0 Å². The zero-order valence-corrected chi connectivity index (χ0v) is 21.0. The van der Waals surface area contributed by atoms with E-state index in [0.29, 0.717) is 34.7 Å². The number of halogens is 1. The average molecular weight is 468 g/mol. The topological polar surface area (TPSA) is 55.2 Å². The molecule has 2 aromatic carbocycles. The Hall–Kier alpha value is -2.66. The normalized spacial score (nSPS) is 12.3. The summed E-state index contributed by atoms with van der Waals surface area (Å²) >= 11 is 6.22. The van der Waals surface area contributed by atoms with Crippen LogP contribution in [0.4, 0.5) is 0 Å². The Morgan fingerprint density at radius 2 is 1.79 bits per heavy atom. The number of rotatable bonds is 9. The molecule has 3 aromatic rings. The fourth-order valence-electron chi connectivity index (χ4n) is 4.08. The predicted molar refractivity (Wildman–Crippen MR) is 136 cm³/mol. The highest BCUT2D eigenvalue weighted by atomic mass is 35.5. The Bertz CT molecular complexity index is 1170. The van der Waals surface area contributed by atoms with E-state index in [1.807, 2.05) is 43.0 Å². The van der Waals surface area contributed by atoms with Crippen molar-refractivity contribution in [2.24, 2.45) is 5.92 Å². The van der Waals surface area contributed by atoms with Gasteiger partial charge in [-0.1, -0.05) is 62.9 Å². The molecule has 3 rings (SSSR count). The predicted octanol–water partition coefficient (Wildman–Crippen LogP) is 6.47. The van der Waals surface area contributed by atoms with E-state index >= 15 is 0 Å². The number of benzene rings is 2. The first-order chi connectivity index (χ1) is 15.7. The maximum Gasteiger partial charge on any atom is 0.266 e. The number of aryl methyl sites for hydroxylation is 1. The molecule has 0 aliphatic rings. The maximum atomic E-state index is 13.7. The number of carbonyl (C=O) groups is 1. The molecule has 0 fully saturated rings. The number of fused-ring (bicyclic) bond motifs is 1. The molecule has 1 heterocycles. The monoisotopic (exact) mass is 467 g/mol.